The second-order valence-corrected chi connectivity index (χ2v) is 9.23. The van der Waals surface area contributed by atoms with Gasteiger partial charge in [-0.05, 0) is 67.9 Å². The average molecular weight is 461 g/mol. The SMILES string of the molecule is O=C(O)C(c1cccc2ncccc12)N1CC[C@@H](OCCCCc2ccc3c(n2)NCCC3)C1. The third kappa shape index (κ3) is 5.05. The Hall–Kier alpha value is -3.03. The van der Waals surface area contributed by atoms with Gasteiger partial charge < -0.3 is 15.2 Å². The van der Waals surface area contributed by atoms with Crippen LogP contribution in [0.1, 0.15) is 48.5 Å². The van der Waals surface area contributed by atoms with Crippen LogP contribution in [0.2, 0.25) is 0 Å². The number of aliphatic carboxylic acids is 1. The summed E-state index contributed by atoms with van der Waals surface area (Å²) in [7, 11) is 0. The third-order valence-electron chi connectivity index (χ3n) is 6.88. The molecule has 5 rings (SSSR count). The van der Waals surface area contributed by atoms with E-state index in [0.717, 1.165) is 66.6 Å². The van der Waals surface area contributed by atoms with Gasteiger partial charge in [0.05, 0.1) is 11.6 Å². The summed E-state index contributed by atoms with van der Waals surface area (Å²) in [5, 5.41) is 14.3. The van der Waals surface area contributed by atoms with Crippen molar-refractivity contribution in [2.24, 2.45) is 0 Å². The number of nitrogens with zero attached hydrogens (tertiary/aromatic N) is 3. The Balaban J connectivity index is 1.12. The van der Waals surface area contributed by atoms with Crippen molar-refractivity contribution in [2.45, 2.75) is 50.7 Å². The Labute approximate surface area is 200 Å². The van der Waals surface area contributed by atoms with Gasteiger partial charge in [-0.15, -0.1) is 0 Å². The van der Waals surface area contributed by atoms with Crippen molar-refractivity contribution in [3.05, 3.63) is 65.5 Å². The van der Waals surface area contributed by atoms with Crippen LogP contribution in [0.3, 0.4) is 0 Å². The van der Waals surface area contributed by atoms with E-state index in [2.05, 4.69) is 22.4 Å². The first kappa shape index (κ1) is 22.7. The topological polar surface area (TPSA) is 87.6 Å². The lowest BCUT2D eigenvalue weighted by molar-refractivity contribution is -0.143. The number of rotatable bonds is 9. The highest BCUT2D eigenvalue weighted by Crippen LogP contribution is 2.31. The minimum absolute atomic E-state index is 0.0704. The number of unbranched alkanes of at least 4 members (excludes halogenated alkanes) is 1. The van der Waals surface area contributed by atoms with Crippen LogP contribution in [-0.2, 0) is 22.4 Å². The van der Waals surface area contributed by atoms with Crippen molar-refractivity contribution in [3.63, 3.8) is 0 Å². The van der Waals surface area contributed by atoms with Gasteiger partial charge >= 0.3 is 5.97 Å². The number of ether oxygens (including phenoxy) is 1. The number of hydrogen-bond donors (Lipinski definition) is 2. The van der Waals surface area contributed by atoms with Gasteiger partial charge in [0, 0.05) is 43.5 Å². The molecule has 2 atom stereocenters. The van der Waals surface area contributed by atoms with Crippen LogP contribution in [0.25, 0.3) is 10.9 Å². The number of carboxylic acid groups (broad SMARTS) is 1. The molecule has 7 heteroatoms. The summed E-state index contributed by atoms with van der Waals surface area (Å²) in [5.41, 5.74) is 4.07. The fourth-order valence-corrected chi connectivity index (χ4v) is 5.14. The maximum absolute atomic E-state index is 12.2. The summed E-state index contributed by atoms with van der Waals surface area (Å²) >= 11 is 0. The molecule has 0 aliphatic carbocycles. The first-order valence-electron chi connectivity index (χ1n) is 12.3. The van der Waals surface area contributed by atoms with E-state index in [0.29, 0.717) is 19.7 Å². The van der Waals surface area contributed by atoms with E-state index in [1.165, 1.54) is 12.0 Å². The van der Waals surface area contributed by atoms with Gasteiger partial charge in [-0.1, -0.05) is 24.3 Å². The van der Waals surface area contributed by atoms with Crippen LogP contribution in [0, 0.1) is 0 Å². The van der Waals surface area contributed by atoms with E-state index in [1.807, 2.05) is 35.2 Å². The number of anilines is 1. The number of carboxylic acids is 1. The molecular weight excluding hydrogens is 428 g/mol. The average Bonchev–Trinajstić information content (AvgIpc) is 3.32. The lowest BCUT2D eigenvalue weighted by atomic mass is 10.0. The number of fused-ring (bicyclic) bond motifs is 2. The first-order valence-corrected chi connectivity index (χ1v) is 12.3. The maximum Gasteiger partial charge on any atom is 0.325 e. The van der Waals surface area contributed by atoms with E-state index >= 15 is 0 Å². The van der Waals surface area contributed by atoms with E-state index in [4.69, 9.17) is 9.72 Å². The fraction of sp³-hybridized carbons (Fsp3) is 0.444. The Morgan fingerprint density at radius 2 is 2.15 bits per heavy atom. The van der Waals surface area contributed by atoms with Gasteiger partial charge in [0.15, 0.2) is 0 Å². The molecule has 3 aromatic rings. The van der Waals surface area contributed by atoms with Crippen molar-refractivity contribution >= 4 is 22.7 Å². The second kappa shape index (κ2) is 10.5. The molecule has 1 fully saturated rings. The zero-order chi connectivity index (χ0) is 23.3. The molecule has 7 nitrogen and oxygen atoms in total. The van der Waals surface area contributed by atoms with Crippen molar-refractivity contribution < 1.29 is 14.6 Å². The molecule has 0 radical (unpaired) electrons. The predicted molar refractivity (Wildman–Crippen MR) is 132 cm³/mol. The van der Waals surface area contributed by atoms with Crippen LogP contribution in [0.4, 0.5) is 5.82 Å². The molecule has 34 heavy (non-hydrogen) atoms. The molecule has 1 aromatic carbocycles. The molecule has 0 amide bonds. The van der Waals surface area contributed by atoms with Crippen LogP contribution in [-0.4, -0.2) is 58.3 Å². The highest BCUT2D eigenvalue weighted by molar-refractivity contribution is 5.88. The number of likely N-dealkylation sites (tertiary alicyclic amines) is 1. The van der Waals surface area contributed by atoms with Gasteiger partial charge in [0.25, 0.3) is 0 Å². The van der Waals surface area contributed by atoms with Gasteiger partial charge in [0.1, 0.15) is 11.9 Å². The summed E-state index contributed by atoms with van der Waals surface area (Å²) in [6.07, 6.45) is 7.90. The molecule has 0 spiro atoms. The molecule has 1 saturated heterocycles. The number of aromatic nitrogens is 2. The Kier molecular flexibility index (Phi) is 7.02. The van der Waals surface area contributed by atoms with E-state index in [1.54, 1.807) is 6.20 Å². The Bertz CT molecular complexity index is 1150. The summed E-state index contributed by atoms with van der Waals surface area (Å²) in [6, 6.07) is 13.2. The summed E-state index contributed by atoms with van der Waals surface area (Å²) in [6.45, 7) is 3.05. The van der Waals surface area contributed by atoms with Gasteiger partial charge in [-0.3, -0.25) is 14.7 Å². The van der Waals surface area contributed by atoms with E-state index < -0.39 is 12.0 Å². The minimum Gasteiger partial charge on any atom is -0.480 e. The standard InChI is InChI=1S/C27H32N4O3/c32-27(33)25(23-8-3-10-24-22(23)9-5-14-28-24)31-16-13-21(18-31)34-17-2-1-7-20-12-11-19-6-4-15-29-26(19)30-20/h3,5,8-12,14,21,25H,1-2,4,6-7,13,15-18H2,(H,29,30)(H,32,33)/t21-,25?/m1/s1. The molecule has 0 saturated carbocycles. The highest BCUT2D eigenvalue weighted by Gasteiger charge is 2.34. The lowest BCUT2D eigenvalue weighted by Crippen LogP contribution is -2.33. The van der Waals surface area contributed by atoms with Crippen LogP contribution >= 0.6 is 0 Å². The van der Waals surface area contributed by atoms with Crippen molar-refractivity contribution in [3.8, 4) is 0 Å². The van der Waals surface area contributed by atoms with Crippen LogP contribution in [0.15, 0.2) is 48.7 Å². The molecule has 2 aliphatic rings. The fourth-order valence-electron chi connectivity index (χ4n) is 5.14. The molecule has 2 N–H and O–H groups in total. The highest BCUT2D eigenvalue weighted by atomic mass is 16.5. The summed E-state index contributed by atoms with van der Waals surface area (Å²) in [4.78, 5) is 23.4. The zero-order valence-electron chi connectivity index (χ0n) is 19.4. The quantitative estimate of drug-likeness (QED) is 0.462. The van der Waals surface area contributed by atoms with E-state index in [9.17, 15) is 9.90 Å². The number of benzene rings is 1. The van der Waals surface area contributed by atoms with Gasteiger partial charge in [-0.25, -0.2) is 4.98 Å². The van der Waals surface area contributed by atoms with Gasteiger partial charge in [-0.2, -0.15) is 0 Å². The van der Waals surface area contributed by atoms with Gasteiger partial charge in [0.2, 0.25) is 0 Å². The maximum atomic E-state index is 12.2. The Morgan fingerprint density at radius 3 is 3.06 bits per heavy atom. The van der Waals surface area contributed by atoms with Crippen molar-refractivity contribution in [1.82, 2.24) is 14.9 Å². The normalized spacial score (nSPS) is 19.0. The molecule has 0 bridgehead atoms. The molecule has 4 heterocycles. The number of nitrogens with one attached hydrogen (secondary N) is 1. The first-order chi connectivity index (χ1) is 16.7. The van der Waals surface area contributed by atoms with Crippen LogP contribution in [0.5, 0.6) is 0 Å². The largest absolute Gasteiger partial charge is 0.480 e. The van der Waals surface area contributed by atoms with Crippen molar-refractivity contribution in [2.75, 3.05) is 31.6 Å². The predicted octanol–water partition coefficient (Wildman–Crippen LogP) is 4.23. The monoisotopic (exact) mass is 460 g/mol. The van der Waals surface area contributed by atoms with E-state index in [-0.39, 0.29) is 6.10 Å². The number of carbonyl (C=O) groups is 1. The molecule has 178 valence electrons. The second-order valence-electron chi connectivity index (χ2n) is 9.23. The number of aryl methyl sites for hydroxylation is 2. The molecule has 2 aromatic heterocycles. The van der Waals surface area contributed by atoms with Crippen molar-refractivity contribution in [1.29, 1.82) is 0 Å². The summed E-state index contributed by atoms with van der Waals surface area (Å²) in [5.74, 6) is 0.227. The summed E-state index contributed by atoms with van der Waals surface area (Å²) < 4.78 is 6.14. The lowest BCUT2D eigenvalue weighted by Gasteiger charge is -2.25. The molecule has 2 aliphatic heterocycles. The third-order valence-corrected chi connectivity index (χ3v) is 6.88. The number of pyridine rings is 2. The Morgan fingerprint density at radius 1 is 1.21 bits per heavy atom. The zero-order valence-corrected chi connectivity index (χ0v) is 19.4. The van der Waals surface area contributed by atoms with Crippen LogP contribution < -0.4 is 5.32 Å². The minimum atomic E-state index is -0.830. The smallest absolute Gasteiger partial charge is 0.325 e. The molecule has 1 unspecified atom stereocenters. The number of hydrogen-bond acceptors (Lipinski definition) is 6. The molecular formula is C27H32N4O3.